The number of nitrogens with zero attached hydrogens (tertiary/aromatic N) is 2. The van der Waals surface area contributed by atoms with Crippen LogP contribution in [0.3, 0.4) is 0 Å². The minimum atomic E-state index is -3.96. The Hall–Kier alpha value is -3.27. The van der Waals surface area contributed by atoms with E-state index in [-0.39, 0.29) is 41.6 Å². The molecule has 0 radical (unpaired) electrons. The van der Waals surface area contributed by atoms with Gasteiger partial charge in [-0.25, -0.2) is 8.42 Å². The van der Waals surface area contributed by atoms with Crippen molar-refractivity contribution in [3.05, 3.63) is 90.3 Å². The molecule has 0 saturated heterocycles. The number of rotatable bonds is 13. The Bertz CT molecular complexity index is 1430. The zero-order chi connectivity index (χ0) is 31.1. The Morgan fingerprint density at radius 2 is 1.65 bits per heavy atom. The van der Waals surface area contributed by atoms with E-state index in [0.717, 1.165) is 37.8 Å². The second kappa shape index (κ2) is 14.0. The summed E-state index contributed by atoms with van der Waals surface area (Å²) in [7, 11) is -2.43. The molecule has 1 heterocycles. The van der Waals surface area contributed by atoms with Gasteiger partial charge < -0.3 is 15.2 Å². The summed E-state index contributed by atoms with van der Waals surface area (Å²) in [5, 5.41) is 15.0. The molecule has 232 valence electrons. The summed E-state index contributed by atoms with van der Waals surface area (Å²) in [6.07, 6.45) is 5.67. The predicted octanol–water partition coefficient (Wildman–Crippen LogP) is 5.42. The summed E-state index contributed by atoms with van der Waals surface area (Å²) >= 11 is 0. The summed E-state index contributed by atoms with van der Waals surface area (Å²) in [5.41, 5.74) is -0.0329. The van der Waals surface area contributed by atoms with Crippen LogP contribution in [-0.2, 0) is 25.8 Å². The average Bonchev–Trinajstić information content (AvgIpc) is 3.01. The number of aromatic nitrogens is 1. The molecule has 2 aromatic carbocycles. The monoisotopic (exact) mass is 607 g/mol. The lowest BCUT2D eigenvalue weighted by Crippen LogP contribution is -2.57. The van der Waals surface area contributed by atoms with Gasteiger partial charge in [-0.3, -0.25) is 9.78 Å². The molecule has 2 atom stereocenters. The summed E-state index contributed by atoms with van der Waals surface area (Å²) in [6, 6.07) is 21.3. The number of nitrogens with one attached hydrogen (secondary N) is 1. The standard InChI is InChI=1S/C34H45N3O5S/c1-26(2)24-37(43(40,41)29-18-16-28(42-4)17-19-29)25-31(38)33(3,27-13-7-5-8-14-27)36-32(39)23-34(20-10-6-11-21-34)30-15-9-12-22-35-30/h5,7-9,12-19,22,26,31,38H,6,10-11,20-21,23-25H2,1-4H3,(H,36,39)/t31-,33+/m1/s1. The van der Waals surface area contributed by atoms with Gasteiger partial charge in [0.2, 0.25) is 15.9 Å². The minimum Gasteiger partial charge on any atom is -0.497 e. The maximum absolute atomic E-state index is 13.9. The molecular weight excluding hydrogens is 562 g/mol. The zero-order valence-corrected chi connectivity index (χ0v) is 26.5. The van der Waals surface area contributed by atoms with E-state index in [9.17, 15) is 18.3 Å². The molecule has 2 N–H and O–H groups in total. The highest BCUT2D eigenvalue weighted by Gasteiger charge is 2.43. The Morgan fingerprint density at radius 1 is 1.00 bits per heavy atom. The van der Waals surface area contributed by atoms with Gasteiger partial charge in [-0.2, -0.15) is 4.31 Å². The fraction of sp³-hybridized carbons (Fsp3) is 0.471. The van der Waals surface area contributed by atoms with E-state index >= 15 is 0 Å². The molecule has 8 nitrogen and oxygen atoms in total. The van der Waals surface area contributed by atoms with Crippen molar-refractivity contribution in [2.75, 3.05) is 20.2 Å². The van der Waals surface area contributed by atoms with E-state index < -0.39 is 21.7 Å². The summed E-state index contributed by atoms with van der Waals surface area (Å²) in [6.45, 7) is 5.63. The van der Waals surface area contributed by atoms with Crippen LogP contribution in [0.25, 0.3) is 0 Å². The molecule has 3 aromatic rings. The lowest BCUT2D eigenvalue weighted by Gasteiger charge is -2.41. The third-order valence-electron chi connectivity index (χ3n) is 8.60. The van der Waals surface area contributed by atoms with Crippen molar-refractivity contribution >= 4 is 15.9 Å². The van der Waals surface area contributed by atoms with Gasteiger partial charge in [0, 0.05) is 36.8 Å². The zero-order valence-electron chi connectivity index (χ0n) is 25.7. The van der Waals surface area contributed by atoms with E-state index in [1.165, 1.54) is 23.5 Å². The fourth-order valence-corrected chi connectivity index (χ4v) is 7.76. The van der Waals surface area contributed by atoms with Gasteiger partial charge in [0.15, 0.2) is 0 Å². The second-order valence-electron chi connectivity index (χ2n) is 12.3. The molecule has 0 aliphatic heterocycles. The van der Waals surface area contributed by atoms with Crippen molar-refractivity contribution in [2.24, 2.45) is 5.92 Å². The van der Waals surface area contributed by atoms with E-state index in [4.69, 9.17) is 4.74 Å². The Kier molecular flexibility index (Phi) is 10.6. The second-order valence-corrected chi connectivity index (χ2v) is 14.2. The van der Waals surface area contributed by atoms with Crippen LogP contribution in [-0.4, -0.2) is 55.0 Å². The summed E-state index contributed by atoms with van der Waals surface area (Å²) in [4.78, 5) is 18.7. The summed E-state index contributed by atoms with van der Waals surface area (Å²) < 4.78 is 34.2. The Labute approximate surface area is 256 Å². The first-order valence-corrected chi connectivity index (χ1v) is 16.5. The van der Waals surface area contributed by atoms with E-state index in [2.05, 4.69) is 10.3 Å². The number of methoxy groups -OCH3 is 1. The van der Waals surface area contributed by atoms with Crippen LogP contribution in [0, 0.1) is 5.92 Å². The topological polar surface area (TPSA) is 109 Å². The van der Waals surface area contributed by atoms with Crippen LogP contribution in [0.2, 0.25) is 0 Å². The largest absolute Gasteiger partial charge is 0.497 e. The first kappa shape index (κ1) is 32.6. The van der Waals surface area contributed by atoms with Crippen molar-refractivity contribution in [3.8, 4) is 5.75 Å². The number of amides is 1. The van der Waals surface area contributed by atoms with Gasteiger partial charge in [-0.15, -0.1) is 0 Å². The normalized spacial score (nSPS) is 17.3. The molecule has 1 aromatic heterocycles. The van der Waals surface area contributed by atoms with Crippen molar-refractivity contribution in [2.45, 2.75) is 81.2 Å². The molecule has 1 aliphatic carbocycles. The molecule has 1 amide bonds. The summed E-state index contributed by atoms with van der Waals surface area (Å²) in [5.74, 6) is 0.351. The maximum atomic E-state index is 13.9. The van der Waals surface area contributed by atoms with Crippen LogP contribution >= 0.6 is 0 Å². The van der Waals surface area contributed by atoms with Gasteiger partial charge >= 0.3 is 0 Å². The van der Waals surface area contributed by atoms with Crippen molar-refractivity contribution in [1.29, 1.82) is 0 Å². The molecule has 0 unspecified atom stereocenters. The third-order valence-corrected chi connectivity index (χ3v) is 10.4. The lowest BCUT2D eigenvalue weighted by molar-refractivity contribution is -0.126. The molecule has 1 fully saturated rings. The highest BCUT2D eigenvalue weighted by atomic mass is 32.2. The van der Waals surface area contributed by atoms with E-state index in [0.29, 0.717) is 11.3 Å². The Morgan fingerprint density at radius 3 is 2.23 bits per heavy atom. The minimum absolute atomic E-state index is 0.00216. The van der Waals surface area contributed by atoms with Gasteiger partial charge in [-0.05, 0) is 67.6 Å². The highest BCUT2D eigenvalue weighted by molar-refractivity contribution is 7.89. The molecule has 0 spiro atoms. The number of benzene rings is 2. The van der Waals surface area contributed by atoms with Gasteiger partial charge in [-0.1, -0.05) is 69.5 Å². The molecule has 9 heteroatoms. The maximum Gasteiger partial charge on any atom is 0.243 e. The average molecular weight is 608 g/mol. The number of hydrogen-bond acceptors (Lipinski definition) is 6. The quantitative estimate of drug-likeness (QED) is 0.269. The SMILES string of the molecule is COc1ccc(S(=O)(=O)N(CC(C)C)C[C@@H](O)[C@@](C)(NC(=O)CC2(c3ccccn3)CCCCC2)c2ccccc2)cc1. The first-order chi connectivity index (χ1) is 20.5. The number of sulfonamides is 1. The van der Waals surface area contributed by atoms with Crippen molar-refractivity contribution < 1.29 is 23.1 Å². The number of carbonyl (C=O) groups is 1. The van der Waals surface area contributed by atoms with Crippen molar-refractivity contribution in [1.82, 2.24) is 14.6 Å². The smallest absolute Gasteiger partial charge is 0.243 e. The third kappa shape index (κ3) is 7.63. The highest BCUT2D eigenvalue weighted by Crippen LogP contribution is 2.41. The predicted molar refractivity (Wildman–Crippen MR) is 168 cm³/mol. The number of aliphatic hydroxyl groups is 1. The number of aliphatic hydroxyl groups excluding tert-OH is 1. The lowest BCUT2D eigenvalue weighted by atomic mass is 9.69. The van der Waals surface area contributed by atoms with Crippen LogP contribution in [0.1, 0.15) is 70.6 Å². The van der Waals surface area contributed by atoms with Crippen LogP contribution < -0.4 is 10.1 Å². The van der Waals surface area contributed by atoms with Crippen molar-refractivity contribution in [3.63, 3.8) is 0 Å². The van der Waals surface area contributed by atoms with E-state index in [1.54, 1.807) is 25.3 Å². The molecular formula is C34H45N3O5S. The van der Waals surface area contributed by atoms with Gasteiger partial charge in [0.25, 0.3) is 0 Å². The van der Waals surface area contributed by atoms with Crippen LogP contribution in [0.15, 0.2) is 83.9 Å². The Balaban J connectivity index is 1.64. The first-order valence-electron chi connectivity index (χ1n) is 15.1. The molecule has 1 aliphatic rings. The fourth-order valence-electron chi connectivity index (χ4n) is 6.15. The molecule has 0 bridgehead atoms. The van der Waals surface area contributed by atoms with Gasteiger partial charge in [0.1, 0.15) is 5.75 Å². The molecule has 1 saturated carbocycles. The molecule has 43 heavy (non-hydrogen) atoms. The van der Waals surface area contributed by atoms with Crippen LogP contribution in [0.4, 0.5) is 0 Å². The molecule has 4 rings (SSSR count). The number of carbonyl (C=O) groups excluding carboxylic acids is 1. The van der Waals surface area contributed by atoms with E-state index in [1.807, 2.05) is 62.4 Å². The van der Waals surface area contributed by atoms with Gasteiger partial charge in [0.05, 0.1) is 23.6 Å². The van der Waals surface area contributed by atoms with Crippen LogP contribution in [0.5, 0.6) is 5.75 Å². The number of hydrogen-bond donors (Lipinski definition) is 2. The number of ether oxygens (including phenoxy) is 1. The number of pyridine rings is 1.